The Morgan fingerprint density at radius 3 is 2.74 bits per heavy atom. The average molecular weight is 383 g/mol. The molecule has 3 nitrogen and oxygen atoms in total. The molecule has 3 aromatic rings. The van der Waals surface area contributed by atoms with E-state index in [4.69, 9.17) is 23.2 Å². The van der Waals surface area contributed by atoms with Crippen molar-refractivity contribution in [2.75, 3.05) is 5.75 Å². The van der Waals surface area contributed by atoms with Crippen LogP contribution in [-0.4, -0.2) is 21.5 Å². The van der Waals surface area contributed by atoms with Gasteiger partial charge in [-0.15, -0.1) is 11.3 Å². The van der Waals surface area contributed by atoms with Gasteiger partial charge in [-0.2, -0.15) is 0 Å². The number of ketones is 1. The Bertz CT molecular complexity index is 908. The highest BCUT2D eigenvalue weighted by molar-refractivity contribution is 8.00. The Balaban J connectivity index is 1.83. The first-order valence-corrected chi connectivity index (χ1v) is 9.35. The number of rotatable bonds is 4. The highest BCUT2D eigenvalue weighted by Gasteiger charge is 2.15. The molecule has 0 bridgehead atoms. The van der Waals surface area contributed by atoms with Crippen LogP contribution in [0.25, 0.3) is 10.2 Å². The minimum atomic E-state index is -0.00932. The van der Waals surface area contributed by atoms with Crippen molar-refractivity contribution >= 4 is 62.3 Å². The number of fused-ring (bicyclic) bond motifs is 1. The van der Waals surface area contributed by atoms with Crippen molar-refractivity contribution < 1.29 is 4.79 Å². The zero-order valence-electron chi connectivity index (χ0n) is 12.4. The largest absolute Gasteiger partial charge is 0.293 e. The van der Waals surface area contributed by atoms with Gasteiger partial charge in [0, 0.05) is 15.8 Å². The molecule has 0 radical (unpaired) electrons. The quantitative estimate of drug-likeness (QED) is 0.335. The highest BCUT2D eigenvalue weighted by Crippen LogP contribution is 2.34. The number of carbonyl (C=O) groups excluding carboxylic acids is 1. The van der Waals surface area contributed by atoms with Crippen LogP contribution in [-0.2, 0) is 0 Å². The van der Waals surface area contributed by atoms with Crippen LogP contribution < -0.4 is 0 Å². The highest BCUT2D eigenvalue weighted by atomic mass is 35.5. The van der Waals surface area contributed by atoms with Gasteiger partial charge in [0.1, 0.15) is 16.2 Å². The molecule has 0 aliphatic heterocycles. The van der Waals surface area contributed by atoms with Gasteiger partial charge in [0.25, 0.3) is 0 Å². The predicted octanol–water partition coefficient (Wildman–Crippen LogP) is 5.59. The molecule has 2 heterocycles. The first-order valence-electron chi connectivity index (χ1n) is 6.79. The molecule has 0 fully saturated rings. The second-order valence-corrected chi connectivity index (χ2v) is 7.96. The van der Waals surface area contributed by atoms with E-state index in [-0.39, 0.29) is 5.78 Å². The SMILES string of the molecule is Cc1sc2ncnc(SCC(=O)c3ccc(Cl)c(Cl)c3)c2c1C. The van der Waals surface area contributed by atoms with Crippen molar-refractivity contribution in [1.82, 2.24) is 9.97 Å². The van der Waals surface area contributed by atoms with Crippen LogP contribution in [0.15, 0.2) is 29.6 Å². The number of aromatic nitrogens is 2. The molecule has 0 unspecified atom stereocenters. The lowest BCUT2D eigenvalue weighted by molar-refractivity contribution is 0.102. The van der Waals surface area contributed by atoms with E-state index in [2.05, 4.69) is 23.8 Å². The predicted molar refractivity (Wildman–Crippen MR) is 98.4 cm³/mol. The molecule has 0 aliphatic rings. The van der Waals surface area contributed by atoms with Gasteiger partial charge >= 0.3 is 0 Å². The Morgan fingerprint density at radius 2 is 2.00 bits per heavy atom. The summed E-state index contributed by atoms with van der Waals surface area (Å²) in [5.41, 5.74) is 1.73. The van der Waals surface area contributed by atoms with E-state index in [1.165, 1.54) is 22.2 Å². The molecule has 0 saturated carbocycles. The molecular weight excluding hydrogens is 371 g/mol. The third-order valence-corrected chi connectivity index (χ3v) is 6.36. The molecule has 0 spiro atoms. The van der Waals surface area contributed by atoms with Crippen LogP contribution >= 0.6 is 46.3 Å². The molecule has 0 saturated heterocycles. The van der Waals surface area contributed by atoms with Crippen molar-refractivity contribution in [3.8, 4) is 0 Å². The van der Waals surface area contributed by atoms with Crippen LogP contribution in [0.4, 0.5) is 0 Å². The summed E-state index contributed by atoms with van der Waals surface area (Å²) in [6, 6.07) is 4.92. The van der Waals surface area contributed by atoms with E-state index >= 15 is 0 Å². The van der Waals surface area contributed by atoms with E-state index in [1.807, 2.05) is 0 Å². The molecule has 2 aromatic heterocycles. The smallest absolute Gasteiger partial charge is 0.173 e. The fourth-order valence-electron chi connectivity index (χ4n) is 2.15. The standard InChI is InChI=1S/C16H12Cl2N2OS2/c1-8-9(2)23-16-14(8)15(19-7-20-16)22-6-13(21)10-3-4-11(17)12(18)5-10/h3-5,7H,6H2,1-2H3. The maximum absolute atomic E-state index is 12.3. The van der Waals surface area contributed by atoms with Gasteiger partial charge in [-0.1, -0.05) is 35.0 Å². The molecule has 7 heteroatoms. The molecule has 0 aliphatic carbocycles. The topological polar surface area (TPSA) is 42.9 Å². The van der Waals surface area contributed by atoms with Crippen LogP contribution in [0.1, 0.15) is 20.8 Å². The minimum Gasteiger partial charge on any atom is -0.293 e. The van der Waals surface area contributed by atoms with Gasteiger partial charge in [0.15, 0.2) is 5.78 Å². The molecule has 3 rings (SSSR count). The number of nitrogens with zero attached hydrogens (tertiary/aromatic N) is 2. The number of carbonyl (C=O) groups is 1. The summed E-state index contributed by atoms with van der Waals surface area (Å²) in [6.45, 7) is 4.12. The summed E-state index contributed by atoms with van der Waals surface area (Å²) in [7, 11) is 0. The third kappa shape index (κ3) is 3.38. The van der Waals surface area contributed by atoms with Gasteiger partial charge < -0.3 is 0 Å². The van der Waals surface area contributed by atoms with Gasteiger partial charge in [-0.25, -0.2) is 9.97 Å². The fraction of sp³-hybridized carbons (Fsp3) is 0.188. The maximum Gasteiger partial charge on any atom is 0.173 e. The summed E-state index contributed by atoms with van der Waals surface area (Å²) in [5, 5.41) is 2.71. The number of halogens is 2. The number of benzene rings is 1. The summed E-state index contributed by atoms with van der Waals surface area (Å²) in [5.74, 6) is 0.281. The maximum atomic E-state index is 12.3. The van der Waals surface area contributed by atoms with E-state index in [1.54, 1.807) is 35.9 Å². The van der Waals surface area contributed by atoms with E-state index in [0.717, 1.165) is 15.2 Å². The van der Waals surface area contributed by atoms with Crippen molar-refractivity contribution in [1.29, 1.82) is 0 Å². The number of hydrogen-bond acceptors (Lipinski definition) is 5. The van der Waals surface area contributed by atoms with Gasteiger partial charge in [-0.3, -0.25) is 4.79 Å². The second kappa shape index (κ2) is 6.77. The Morgan fingerprint density at radius 1 is 1.22 bits per heavy atom. The van der Waals surface area contributed by atoms with E-state index in [0.29, 0.717) is 21.4 Å². The van der Waals surface area contributed by atoms with Crippen LogP contribution in [0.2, 0.25) is 10.0 Å². The first-order chi connectivity index (χ1) is 11.0. The zero-order chi connectivity index (χ0) is 16.6. The molecule has 23 heavy (non-hydrogen) atoms. The monoisotopic (exact) mass is 382 g/mol. The normalized spacial score (nSPS) is 11.1. The summed E-state index contributed by atoms with van der Waals surface area (Å²) >= 11 is 14.9. The molecule has 0 atom stereocenters. The van der Waals surface area contributed by atoms with Crippen molar-refractivity contribution in [2.45, 2.75) is 18.9 Å². The van der Waals surface area contributed by atoms with E-state index in [9.17, 15) is 4.79 Å². The Labute approximate surface area is 152 Å². The lowest BCUT2D eigenvalue weighted by Crippen LogP contribution is -2.02. The number of thioether (sulfide) groups is 1. The summed E-state index contributed by atoms with van der Waals surface area (Å²) in [6.07, 6.45) is 1.55. The first kappa shape index (κ1) is 16.7. The van der Waals surface area contributed by atoms with E-state index < -0.39 is 0 Å². The average Bonchev–Trinajstić information content (AvgIpc) is 2.83. The second-order valence-electron chi connectivity index (χ2n) is 4.98. The fourth-order valence-corrected chi connectivity index (χ4v) is 4.46. The lowest BCUT2D eigenvalue weighted by Gasteiger charge is -2.04. The number of aryl methyl sites for hydroxylation is 2. The van der Waals surface area contributed by atoms with Crippen LogP contribution in [0.3, 0.4) is 0 Å². The van der Waals surface area contributed by atoms with Crippen molar-refractivity contribution in [2.24, 2.45) is 0 Å². The molecular formula is C16H12Cl2N2OS2. The van der Waals surface area contributed by atoms with Gasteiger partial charge in [0.05, 0.1) is 15.8 Å². The van der Waals surface area contributed by atoms with Crippen LogP contribution in [0, 0.1) is 13.8 Å². The molecule has 1 aromatic carbocycles. The number of thiophene rings is 1. The van der Waals surface area contributed by atoms with Gasteiger partial charge in [0.2, 0.25) is 0 Å². The van der Waals surface area contributed by atoms with Crippen molar-refractivity contribution in [3.63, 3.8) is 0 Å². The Kier molecular flexibility index (Phi) is 4.92. The third-order valence-electron chi connectivity index (χ3n) is 3.51. The summed E-state index contributed by atoms with van der Waals surface area (Å²) < 4.78 is 0. The van der Waals surface area contributed by atoms with Crippen molar-refractivity contribution in [3.05, 3.63) is 50.6 Å². The van der Waals surface area contributed by atoms with Gasteiger partial charge in [-0.05, 0) is 37.6 Å². The minimum absolute atomic E-state index is 0.00932. The molecule has 0 amide bonds. The summed E-state index contributed by atoms with van der Waals surface area (Å²) in [4.78, 5) is 23.2. The molecule has 118 valence electrons. The Hall–Kier alpha value is -1.14. The zero-order valence-corrected chi connectivity index (χ0v) is 15.5. The van der Waals surface area contributed by atoms with Crippen LogP contribution in [0.5, 0.6) is 0 Å². The molecule has 0 N–H and O–H groups in total. The number of hydrogen-bond donors (Lipinski definition) is 0. The number of Topliss-reactive ketones (excluding diaryl/α,β-unsaturated/α-hetero) is 1. The lowest BCUT2D eigenvalue weighted by atomic mass is 10.1.